The van der Waals surface area contributed by atoms with Gasteiger partial charge in [0.2, 0.25) is 0 Å². The second-order valence-electron chi connectivity index (χ2n) is 3.71. The number of benzene rings is 1. The normalized spacial score (nSPS) is 10.2. The van der Waals surface area contributed by atoms with Crippen LogP contribution in [0, 0.1) is 10.1 Å². The van der Waals surface area contributed by atoms with E-state index in [9.17, 15) is 14.9 Å². The summed E-state index contributed by atoms with van der Waals surface area (Å²) in [4.78, 5) is 22.2. The lowest BCUT2D eigenvalue weighted by Crippen LogP contribution is -2.22. The molecule has 1 amide bonds. The van der Waals surface area contributed by atoms with Crippen molar-refractivity contribution in [2.45, 2.75) is 6.54 Å². The molecule has 1 N–H and O–H groups in total. The zero-order valence-corrected chi connectivity index (χ0v) is 12.0. The number of halogens is 1. The number of amides is 1. The number of rotatable bonds is 4. The quantitative estimate of drug-likeness (QED) is 0.685. The van der Waals surface area contributed by atoms with Gasteiger partial charge in [-0.1, -0.05) is 18.2 Å². The number of nitro groups is 1. The van der Waals surface area contributed by atoms with Gasteiger partial charge < -0.3 is 5.32 Å². The van der Waals surface area contributed by atoms with Crippen molar-refractivity contribution < 1.29 is 9.72 Å². The van der Waals surface area contributed by atoms with E-state index < -0.39 is 4.92 Å². The average molecular weight is 341 g/mol. The van der Waals surface area contributed by atoms with Crippen molar-refractivity contribution in [2.75, 3.05) is 0 Å². The fraction of sp³-hybridized carbons (Fsp3) is 0.0833. The fourth-order valence-corrected chi connectivity index (χ4v) is 2.68. The highest BCUT2D eigenvalue weighted by Gasteiger charge is 2.14. The number of carbonyl (C=O) groups excluding carboxylic acids is 1. The van der Waals surface area contributed by atoms with Crippen LogP contribution in [0.4, 0.5) is 5.69 Å². The predicted molar refractivity (Wildman–Crippen MR) is 76.3 cm³/mol. The van der Waals surface area contributed by atoms with Crippen LogP contribution < -0.4 is 5.32 Å². The molecule has 0 atom stereocenters. The minimum atomic E-state index is -0.456. The second-order valence-corrected chi connectivity index (χ2v) is 6.00. The van der Waals surface area contributed by atoms with E-state index in [-0.39, 0.29) is 18.1 Å². The molecule has 5 nitrogen and oxygen atoms in total. The summed E-state index contributed by atoms with van der Waals surface area (Å²) in [6.45, 7) is 0.128. The van der Waals surface area contributed by atoms with E-state index in [4.69, 9.17) is 0 Å². The first kappa shape index (κ1) is 13.7. The molecule has 0 spiro atoms. The number of thiophene rings is 1. The molecule has 0 aliphatic carbocycles. The highest BCUT2D eigenvalue weighted by Crippen LogP contribution is 2.21. The van der Waals surface area contributed by atoms with Gasteiger partial charge in [0.1, 0.15) is 0 Å². The largest absolute Gasteiger partial charge is 0.348 e. The highest BCUT2D eigenvalue weighted by atomic mass is 79.9. The minimum Gasteiger partial charge on any atom is -0.348 e. The Bertz CT molecular complexity index is 627. The van der Waals surface area contributed by atoms with Crippen molar-refractivity contribution >= 4 is 38.9 Å². The molecule has 0 saturated carbocycles. The van der Waals surface area contributed by atoms with E-state index in [0.29, 0.717) is 11.1 Å². The van der Waals surface area contributed by atoms with Crippen LogP contribution in [0.5, 0.6) is 0 Å². The van der Waals surface area contributed by atoms with Crippen LogP contribution in [0.1, 0.15) is 15.9 Å². The number of nitro benzene ring substituents is 1. The van der Waals surface area contributed by atoms with Crippen molar-refractivity contribution in [3.63, 3.8) is 0 Å². The molecule has 0 aliphatic rings. The Hall–Kier alpha value is -1.73. The molecular formula is C12H9BrN2O3S. The smallest absolute Gasteiger partial charge is 0.274 e. The lowest BCUT2D eigenvalue weighted by Gasteiger charge is -2.04. The molecular weight excluding hydrogens is 332 g/mol. The molecule has 2 aromatic rings. The number of nitrogens with zero attached hydrogens (tertiary/aromatic N) is 1. The molecule has 0 radical (unpaired) electrons. The summed E-state index contributed by atoms with van der Waals surface area (Å²) in [5.74, 6) is -0.250. The topological polar surface area (TPSA) is 72.2 Å². The van der Waals surface area contributed by atoms with Crippen LogP contribution in [0.3, 0.4) is 0 Å². The standard InChI is InChI=1S/C12H9BrN2O3S/c13-11-5-9(7-19-11)12(16)14-6-8-3-1-2-4-10(8)15(17)18/h1-5,7H,6H2,(H,14,16). The molecule has 0 saturated heterocycles. The fourth-order valence-electron chi connectivity index (χ4n) is 1.55. The second kappa shape index (κ2) is 5.94. The van der Waals surface area contributed by atoms with Crippen LogP contribution in [-0.4, -0.2) is 10.8 Å². The van der Waals surface area contributed by atoms with Gasteiger partial charge in [-0.25, -0.2) is 0 Å². The summed E-state index contributed by atoms with van der Waals surface area (Å²) in [6, 6.07) is 8.05. The van der Waals surface area contributed by atoms with Gasteiger partial charge in [-0.15, -0.1) is 11.3 Å². The Balaban J connectivity index is 2.07. The molecule has 7 heteroatoms. The minimum absolute atomic E-state index is 0.00861. The van der Waals surface area contributed by atoms with Crippen molar-refractivity contribution in [3.05, 3.63) is 60.7 Å². The number of para-hydroxylation sites is 1. The Morgan fingerprint density at radius 1 is 1.42 bits per heavy atom. The third-order valence-electron chi connectivity index (χ3n) is 2.46. The van der Waals surface area contributed by atoms with Gasteiger partial charge in [0.05, 0.1) is 14.3 Å². The van der Waals surface area contributed by atoms with Gasteiger partial charge in [0, 0.05) is 23.6 Å². The van der Waals surface area contributed by atoms with Crippen molar-refractivity contribution in [3.8, 4) is 0 Å². The summed E-state index contributed by atoms with van der Waals surface area (Å²) in [5.41, 5.74) is 1.03. The third kappa shape index (κ3) is 3.39. The molecule has 0 bridgehead atoms. The molecule has 1 aromatic heterocycles. The van der Waals surface area contributed by atoms with E-state index in [0.717, 1.165) is 3.79 Å². The summed E-state index contributed by atoms with van der Waals surface area (Å²) in [7, 11) is 0. The van der Waals surface area contributed by atoms with Crippen molar-refractivity contribution in [2.24, 2.45) is 0 Å². The first-order chi connectivity index (χ1) is 9.08. The first-order valence-corrected chi connectivity index (χ1v) is 6.99. The van der Waals surface area contributed by atoms with E-state index in [1.165, 1.54) is 17.4 Å². The van der Waals surface area contributed by atoms with Crippen LogP contribution in [0.15, 0.2) is 39.5 Å². The van der Waals surface area contributed by atoms with Crippen molar-refractivity contribution in [1.29, 1.82) is 0 Å². The van der Waals surface area contributed by atoms with Gasteiger partial charge in [0.25, 0.3) is 11.6 Å². The number of hydrogen-bond acceptors (Lipinski definition) is 4. The number of hydrogen-bond donors (Lipinski definition) is 1. The van der Waals surface area contributed by atoms with E-state index >= 15 is 0 Å². The third-order valence-corrected chi connectivity index (χ3v) is 3.96. The average Bonchev–Trinajstić information content (AvgIpc) is 2.83. The number of carbonyl (C=O) groups is 1. The highest BCUT2D eigenvalue weighted by molar-refractivity contribution is 9.11. The van der Waals surface area contributed by atoms with Crippen LogP contribution in [0.2, 0.25) is 0 Å². The Morgan fingerprint density at radius 3 is 2.79 bits per heavy atom. The molecule has 0 unspecified atom stereocenters. The lowest BCUT2D eigenvalue weighted by atomic mass is 10.2. The maximum absolute atomic E-state index is 11.8. The molecule has 98 valence electrons. The van der Waals surface area contributed by atoms with Gasteiger partial charge in [-0.2, -0.15) is 0 Å². The van der Waals surface area contributed by atoms with E-state index in [2.05, 4.69) is 21.2 Å². The summed E-state index contributed by atoms with van der Waals surface area (Å²) < 4.78 is 0.864. The van der Waals surface area contributed by atoms with Crippen LogP contribution in [-0.2, 0) is 6.54 Å². The monoisotopic (exact) mass is 340 g/mol. The molecule has 1 aromatic carbocycles. The van der Waals surface area contributed by atoms with Crippen LogP contribution >= 0.6 is 27.3 Å². The lowest BCUT2D eigenvalue weighted by molar-refractivity contribution is -0.385. The number of nitrogens with one attached hydrogen (secondary N) is 1. The van der Waals surface area contributed by atoms with Gasteiger partial charge in [-0.3, -0.25) is 14.9 Å². The Labute approximate surface area is 121 Å². The Morgan fingerprint density at radius 2 is 2.16 bits per heavy atom. The maximum Gasteiger partial charge on any atom is 0.274 e. The van der Waals surface area contributed by atoms with Gasteiger partial charge in [-0.05, 0) is 22.0 Å². The molecule has 1 heterocycles. The van der Waals surface area contributed by atoms with E-state index in [1.54, 1.807) is 29.6 Å². The molecule has 2 rings (SSSR count). The van der Waals surface area contributed by atoms with Gasteiger partial charge in [0.15, 0.2) is 0 Å². The first-order valence-electron chi connectivity index (χ1n) is 5.32. The summed E-state index contributed by atoms with van der Waals surface area (Å²) >= 11 is 4.69. The van der Waals surface area contributed by atoms with Crippen molar-refractivity contribution in [1.82, 2.24) is 5.32 Å². The SMILES string of the molecule is O=C(NCc1ccccc1[N+](=O)[O-])c1csc(Br)c1. The maximum atomic E-state index is 11.8. The predicted octanol–water partition coefficient (Wildman–Crippen LogP) is 3.35. The zero-order valence-electron chi connectivity index (χ0n) is 9.63. The summed E-state index contributed by atoms with van der Waals surface area (Å²) in [5, 5.41) is 15.2. The van der Waals surface area contributed by atoms with Crippen LogP contribution in [0.25, 0.3) is 0 Å². The molecule has 0 aliphatic heterocycles. The van der Waals surface area contributed by atoms with E-state index in [1.807, 2.05) is 0 Å². The zero-order chi connectivity index (χ0) is 13.8. The molecule has 19 heavy (non-hydrogen) atoms. The Kier molecular flexibility index (Phi) is 4.28. The molecule has 0 fully saturated rings. The summed E-state index contributed by atoms with van der Waals surface area (Å²) in [6.07, 6.45) is 0. The van der Waals surface area contributed by atoms with Gasteiger partial charge >= 0.3 is 0 Å².